The van der Waals surface area contributed by atoms with Gasteiger partial charge in [-0.3, -0.25) is 19.8 Å². The molecule has 0 bridgehead atoms. The number of aromatic nitrogens is 2. The van der Waals surface area contributed by atoms with Crippen molar-refractivity contribution in [2.75, 3.05) is 26.2 Å². The van der Waals surface area contributed by atoms with Gasteiger partial charge in [0, 0.05) is 44.4 Å². The van der Waals surface area contributed by atoms with Crippen molar-refractivity contribution in [3.63, 3.8) is 0 Å². The molecule has 1 saturated heterocycles. The fourth-order valence-electron chi connectivity index (χ4n) is 5.24. The summed E-state index contributed by atoms with van der Waals surface area (Å²) in [4.78, 5) is 29.1. The Labute approximate surface area is 231 Å². The van der Waals surface area contributed by atoms with Crippen LogP contribution in [0.2, 0.25) is 0 Å². The zero-order valence-electron chi connectivity index (χ0n) is 21.7. The summed E-state index contributed by atoms with van der Waals surface area (Å²) in [5.41, 5.74) is 3.57. The summed E-state index contributed by atoms with van der Waals surface area (Å²) in [6, 6.07) is 32.2. The molecular weight excluding hydrogens is 506 g/mol. The number of benzene rings is 3. The molecule has 5 aromatic rings. The average molecular weight is 534 g/mol. The Morgan fingerprint density at radius 2 is 1.50 bits per heavy atom. The molecule has 1 fully saturated rings. The third-order valence-electron chi connectivity index (χ3n) is 7.18. The molecular formula is C31H27N5O4. The minimum absolute atomic E-state index is 0.0765. The van der Waals surface area contributed by atoms with E-state index in [0.717, 1.165) is 0 Å². The molecule has 9 heteroatoms. The summed E-state index contributed by atoms with van der Waals surface area (Å²) >= 11 is 0. The summed E-state index contributed by atoms with van der Waals surface area (Å²) in [6.07, 6.45) is 1.54. The van der Waals surface area contributed by atoms with Crippen molar-refractivity contribution >= 4 is 11.6 Å². The number of nitrogens with zero attached hydrogens (tertiary/aromatic N) is 5. The third kappa shape index (κ3) is 5.02. The van der Waals surface area contributed by atoms with Gasteiger partial charge < -0.3 is 9.32 Å². The Morgan fingerprint density at radius 1 is 0.825 bits per heavy atom. The third-order valence-corrected chi connectivity index (χ3v) is 7.18. The Balaban J connectivity index is 1.28. The maximum atomic E-state index is 13.9. The fourth-order valence-corrected chi connectivity index (χ4v) is 5.24. The number of hydrogen-bond donors (Lipinski definition) is 0. The smallest absolute Gasteiger partial charge is 0.272 e. The predicted octanol–water partition coefficient (Wildman–Crippen LogP) is 5.59. The van der Waals surface area contributed by atoms with Crippen molar-refractivity contribution in [1.82, 2.24) is 19.6 Å². The number of furan rings is 1. The van der Waals surface area contributed by atoms with E-state index < -0.39 is 4.92 Å². The zero-order chi connectivity index (χ0) is 27.5. The monoisotopic (exact) mass is 533 g/mol. The highest BCUT2D eigenvalue weighted by molar-refractivity contribution is 5.94. The predicted molar refractivity (Wildman–Crippen MR) is 150 cm³/mol. The van der Waals surface area contributed by atoms with Gasteiger partial charge in [-0.15, -0.1) is 0 Å². The summed E-state index contributed by atoms with van der Waals surface area (Å²) in [6.45, 7) is 2.45. The Hall–Kier alpha value is -5.02. The van der Waals surface area contributed by atoms with Crippen LogP contribution in [0.4, 0.5) is 5.69 Å². The molecule has 0 spiro atoms. The quantitative estimate of drug-likeness (QED) is 0.200. The molecule has 1 aliphatic heterocycles. The van der Waals surface area contributed by atoms with Crippen LogP contribution in [-0.2, 0) is 0 Å². The van der Waals surface area contributed by atoms with Crippen LogP contribution in [0, 0.1) is 10.1 Å². The largest absolute Gasteiger partial charge is 0.463 e. The SMILES string of the molecule is O=C(c1cc(-c2ccco2)nn1-c1cccc([N+](=O)[O-])c1)N1CCN(C(c2ccccc2)c2ccccc2)CC1. The van der Waals surface area contributed by atoms with E-state index in [2.05, 4.69) is 58.5 Å². The summed E-state index contributed by atoms with van der Waals surface area (Å²) in [7, 11) is 0. The van der Waals surface area contributed by atoms with Crippen LogP contribution in [-0.4, -0.2) is 56.6 Å². The van der Waals surface area contributed by atoms with E-state index >= 15 is 0 Å². The van der Waals surface area contributed by atoms with Gasteiger partial charge in [0.2, 0.25) is 0 Å². The number of non-ortho nitro benzene ring substituents is 1. The van der Waals surface area contributed by atoms with Gasteiger partial charge in [0.15, 0.2) is 5.76 Å². The molecule has 200 valence electrons. The van der Waals surface area contributed by atoms with E-state index in [0.29, 0.717) is 49.0 Å². The van der Waals surface area contributed by atoms with Gasteiger partial charge in [0.05, 0.1) is 22.9 Å². The van der Waals surface area contributed by atoms with E-state index in [1.807, 2.05) is 17.0 Å². The summed E-state index contributed by atoms with van der Waals surface area (Å²) in [5.74, 6) is 0.323. The minimum atomic E-state index is -0.461. The number of piperazine rings is 1. The Bertz CT molecular complexity index is 1570. The van der Waals surface area contributed by atoms with Gasteiger partial charge in [0.1, 0.15) is 11.4 Å². The van der Waals surface area contributed by atoms with E-state index in [1.165, 1.54) is 27.9 Å². The number of carbonyl (C=O) groups excluding carboxylic acids is 1. The van der Waals surface area contributed by atoms with Gasteiger partial charge in [0.25, 0.3) is 11.6 Å². The molecule has 3 aromatic carbocycles. The van der Waals surface area contributed by atoms with Crippen molar-refractivity contribution in [3.8, 4) is 17.1 Å². The molecule has 1 amide bonds. The molecule has 9 nitrogen and oxygen atoms in total. The van der Waals surface area contributed by atoms with Crippen LogP contribution in [0.1, 0.15) is 27.7 Å². The van der Waals surface area contributed by atoms with Crippen molar-refractivity contribution in [2.24, 2.45) is 0 Å². The minimum Gasteiger partial charge on any atom is -0.463 e. The maximum absolute atomic E-state index is 13.9. The molecule has 0 radical (unpaired) electrons. The highest BCUT2D eigenvalue weighted by Crippen LogP contribution is 2.30. The molecule has 2 aromatic heterocycles. The average Bonchev–Trinajstić information content (AvgIpc) is 3.70. The topological polar surface area (TPSA) is 97.6 Å². The van der Waals surface area contributed by atoms with E-state index in [1.54, 1.807) is 36.6 Å². The zero-order valence-corrected chi connectivity index (χ0v) is 21.7. The summed E-state index contributed by atoms with van der Waals surface area (Å²) < 4.78 is 6.99. The maximum Gasteiger partial charge on any atom is 0.272 e. The van der Waals surface area contributed by atoms with Crippen LogP contribution in [0.5, 0.6) is 0 Å². The van der Waals surface area contributed by atoms with E-state index in [4.69, 9.17) is 4.42 Å². The molecule has 0 atom stereocenters. The van der Waals surface area contributed by atoms with Gasteiger partial charge >= 0.3 is 0 Å². The van der Waals surface area contributed by atoms with Crippen molar-refractivity contribution in [3.05, 3.63) is 136 Å². The number of nitro benzene ring substituents is 1. The first-order chi connectivity index (χ1) is 19.6. The molecule has 0 aliphatic carbocycles. The van der Waals surface area contributed by atoms with Crippen LogP contribution in [0.25, 0.3) is 17.1 Å². The number of carbonyl (C=O) groups is 1. The molecule has 0 N–H and O–H groups in total. The van der Waals surface area contributed by atoms with Crippen molar-refractivity contribution < 1.29 is 14.1 Å². The highest BCUT2D eigenvalue weighted by Gasteiger charge is 2.30. The van der Waals surface area contributed by atoms with Crippen LogP contribution in [0.15, 0.2) is 114 Å². The lowest BCUT2D eigenvalue weighted by atomic mass is 9.96. The van der Waals surface area contributed by atoms with Crippen LogP contribution >= 0.6 is 0 Å². The first kappa shape index (κ1) is 25.3. The lowest BCUT2D eigenvalue weighted by Crippen LogP contribution is -2.50. The molecule has 1 aliphatic rings. The normalized spacial score (nSPS) is 14.0. The number of nitro groups is 1. The van der Waals surface area contributed by atoms with E-state index in [9.17, 15) is 14.9 Å². The fraction of sp³-hybridized carbons (Fsp3) is 0.161. The van der Waals surface area contributed by atoms with Crippen molar-refractivity contribution in [1.29, 1.82) is 0 Å². The first-order valence-corrected chi connectivity index (χ1v) is 13.1. The summed E-state index contributed by atoms with van der Waals surface area (Å²) in [5, 5.41) is 16.0. The second kappa shape index (κ2) is 11.0. The Morgan fingerprint density at radius 3 is 2.10 bits per heavy atom. The number of amides is 1. The molecule has 40 heavy (non-hydrogen) atoms. The molecule has 6 rings (SSSR count). The Kier molecular flexibility index (Phi) is 6.95. The van der Waals surface area contributed by atoms with Gasteiger partial charge in [-0.2, -0.15) is 5.10 Å². The van der Waals surface area contributed by atoms with Gasteiger partial charge in [-0.05, 0) is 29.3 Å². The van der Waals surface area contributed by atoms with Gasteiger partial charge in [-0.1, -0.05) is 66.7 Å². The standard InChI is InChI=1S/C31H27N5O4/c37-31(28-22-27(29-15-8-20-40-29)32-35(28)25-13-7-14-26(21-25)36(38)39)34-18-16-33(17-19-34)30(23-9-3-1-4-10-23)24-11-5-2-6-12-24/h1-15,20-22,30H,16-19H2. The molecule has 0 saturated carbocycles. The first-order valence-electron chi connectivity index (χ1n) is 13.1. The van der Waals surface area contributed by atoms with E-state index in [-0.39, 0.29) is 17.6 Å². The van der Waals surface area contributed by atoms with Crippen LogP contribution in [0.3, 0.4) is 0 Å². The van der Waals surface area contributed by atoms with Gasteiger partial charge in [-0.25, -0.2) is 4.68 Å². The van der Waals surface area contributed by atoms with Crippen LogP contribution < -0.4 is 0 Å². The second-order valence-corrected chi connectivity index (χ2v) is 9.63. The number of rotatable bonds is 7. The second-order valence-electron chi connectivity index (χ2n) is 9.63. The molecule has 3 heterocycles. The highest BCUT2D eigenvalue weighted by atomic mass is 16.6. The lowest BCUT2D eigenvalue weighted by Gasteiger charge is -2.39. The molecule has 0 unspecified atom stereocenters. The van der Waals surface area contributed by atoms with Crippen molar-refractivity contribution in [2.45, 2.75) is 6.04 Å². The lowest BCUT2D eigenvalue weighted by molar-refractivity contribution is -0.384. The number of hydrogen-bond acceptors (Lipinski definition) is 6.